The Morgan fingerprint density at radius 3 is 2.55 bits per heavy atom. The maximum absolute atomic E-state index is 13.6. The van der Waals surface area contributed by atoms with Gasteiger partial charge in [0.05, 0.1) is 5.57 Å². The maximum atomic E-state index is 13.6. The van der Waals surface area contributed by atoms with Crippen molar-refractivity contribution in [2.45, 2.75) is 68.3 Å². The Bertz CT molecular complexity index is 1110. The van der Waals surface area contributed by atoms with Crippen LogP contribution in [0.3, 0.4) is 0 Å². The molecule has 1 fully saturated rings. The van der Waals surface area contributed by atoms with E-state index in [2.05, 4.69) is 41.0 Å². The van der Waals surface area contributed by atoms with Gasteiger partial charge in [-0.3, -0.25) is 4.79 Å². The standard InChI is InChI=1S/C27H29NO3S2/c1-16-24(27(30)31-19-6-3-4-7-19)25(17-9-11-20(32-2)12-10-17)26-21(28-16)14-18(15-22(26)29)23-8-5-13-33-23/h5,8-13,18-19,25,28H,3-4,6-7,14-15H2,1-2H3/t18-,25+/m1/s1. The van der Waals surface area contributed by atoms with Crippen molar-refractivity contribution in [1.29, 1.82) is 0 Å². The number of nitrogens with one attached hydrogen (secondary N) is 1. The van der Waals surface area contributed by atoms with E-state index in [0.717, 1.165) is 59.5 Å². The lowest BCUT2D eigenvalue weighted by atomic mass is 9.72. The predicted molar refractivity (Wildman–Crippen MR) is 133 cm³/mol. The second-order valence-electron chi connectivity index (χ2n) is 9.12. The number of ketones is 1. The Kier molecular flexibility index (Phi) is 6.48. The van der Waals surface area contributed by atoms with Gasteiger partial charge in [0.15, 0.2) is 5.78 Å². The zero-order valence-electron chi connectivity index (χ0n) is 19.1. The topological polar surface area (TPSA) is 55.4 Å². The fourth-order valence-corrected chi connectivity index (χ4v) is 6.62. The molecule has 5 rings (SSSR count). The molecule has 0 saturated heterocycles. The normalized spacial score (nSPS) is 23.5. The summed E-state index contributed by atoms with van der Waals surface area (Å²) < 4.78 is 5.94. The van der Waals surface area contributed by atoms with Crippen molar-refractivity contribution >= 4 is 34.9 Å². The summed E-state index contributed by atoms with van der Waals surface area (Å²) in [4.78, 5) is 29.4. The first-order valence-corrected chi connectivity index (χ1v) is 13.8. The Morgan fingerprint density at radius 2 is 1.88 bits per heavy atom. The van der Waals surface area contributed by atoms with Crippen molar-refractivity contribution in [2.75, 3.05) is 6.26 Å². The van der Waals surface area contributed by atoms with Gasteiger partial charge < -0.3 is 10.1 Å². The van der Waals surface area contributed by atoms with Crippen LogP contribution < -0.4 is 5.32 Å². The van der Waals surface area contributed by atoms with E-state index in [1.54, 1.807) is 23.1 Å². The number of carbonyl (C=O) groups is 2. The minimum absolute atomic E-state index is 0.0158. The van der Waals surface area contributed by atoms with Gasteiger partial charge in [-0.2, -0.15) is 0 Å². The molecule has 0 bridgehead atoms. The predicted octanol–water partition coefficient (Wildman–Crippen LogP) is 6.32. The molecule has 2 aromatic rings. The fourth-order valence-electron chi connectivity index (χ4n) is 5.39. The molecule has 3 aliphatic rings. The largest absolute Gasteiger partial charge is 0.459 e. The number of allylic oxidation sites excluding steroid dienone is 3. The van der Waals surface area contributed by atoms with E-state index >= 15 is 0 Å². The number of rotatable bonds is 5. The molecule has 0 amide bonds. The van der Waals surface area contributed by atoms with E-state index in [-0.39, 0.29) is 29.7 Å². The Labute approximate surface area is 203 Å². The molecule has 6 heteroatoms. The fraction of sp³-hybridized carbons (Fsp3) is 0.407. The molecule has 0 radical (unpaired) electrons. The van der Waals surface area contributed by atoms with E-state index in [1.165, 1.54) is 4.88 Å². The zero-order valence-corrected chi connectivity index (χ0v) is 20.7. The van der Waals surface area contributed by atoms with Crippen LogP contribution in [-0.2, 0) is 14.3 Å². The molecule has 1 saturated carbocycles. The van der Waals surface area contributed by atoms with Crippen LogP contribution in [0.4, 0.5) is 0 Å². The first-order chi connectivity index (χ1) is 16.0. The minimum atomic E-state index is -0.386. The summed E-state index contributed by atoms with van der Waals surface area (Å²) in [5.74, 6) is -0.365. The number of Topliss-reactive ketones (excluding diaryl/α,β-unsaturated/α-hetero) is 1. The van der Waals surface area contributed by atoms with Crippen molar-refractivity contribution in [3.8, 4) is 0 Å². The van der Waals surface area contributed by atoms with Gasteiger partial charge in [-0.25, -0.2) is 4.79 Å². The van der Waals surface area contributed by atoms with Crippen LogP contribution in [-0.4, -0.2) is 24.1 Å². The third-order valence-corrected chi connectivity index (χ3v) is 8.80. The molecule has 33 heavy (non-hydrogen) atoms. The number of benzene rings is 1. The summed E-state index contributed by atoms with van der Waals surface area (Å²) in [6.45, 7) is 1.94. The van der Waals surface area contributed by atoms with Crippen molar-refractivity contribution in [3.63, 3.8) is 0 Å². The van der Waals surface area contributed by atoms with E-state index in [1.807, 2.05) is 19.2 Å². The van der Waals surface area contributed by atoms with Crippen molar-refractivity contribution in [2.24, 2.45) is 0 Å². The molecule has 2 heterocycles. The molecule has 2 atom stereocenters. The second kappa shape index (κ2) is 9.51. The van der Waals surface area contributed by atoms with Gasteiger partial charge in [-0.1, -0.05) is 18.2 Å². The van der Waals surface area contributed by atoms with E-state index in [4.69, 9.17) is 4.74 Å². The molecule has 4 nitrogen and oxygen atoms in total. The van der Waals surface area contributed by atoms with Crippen molar-refractivity contribution in [3.05, 3.63) is 74.8 Å². The van der Waals surface area contributed by atoms with Gasteiger partial charge in [0.2, 0.25) is 0 Å². The highest BCUT2D eigenvalue weighted by molar-refractivity contribution is 7.98. The number of dihydropyridines is 1. The first-order valence-electron chi connectivity index (χ1n) is 11.7. The zero-order chi connectivity index (χ0) is 22.9. The van der Waals surface area contributed by atoms with Gasteiger partial charge >= 0.3 is 5.97 Å². The van der Waals surface area contributed by atoms with E-state index in [9.17, 15) is 9.59 Å². The van der Waals surface area contributed by atoms with Crippen molar-refractivity contribution < 1.29 is 14.3 Å². The van der Waals surface area contributed by atoms with Crippen LogP contribution in [0.25, 0.3) is 0 Å². The number of ether oxygens (including phenoxy) is 1. The molecule has 0 spiro atoms. The lowest BCUT2D eigenvalue weighted by Gasteiger charge is -2.36. The van der Waals surface area contributed by atoms with Crippen LogP contribution in [0.1, 0.15) is 67.7 Å². The molecular weight excluding hydrogens is 450 g/mol. The number of thiophene rings is 1. The minimum Gasteiger partial charge on any atom is -0.459 e. The summed E-state index contributed by atoms with van der Waals surface area (Å²) in [6.07, 6.45) is 7.34. The average Bonchev–Trinajstić information content (AvgIpc) is 3.52. The van der Waals surface area contributed by atoms with Gasteiger partial charge in [0.1, 0.15) is 6.10 Å². The maximum Gasteiger partial charge on any atom is 0.337 e. The van der Waals surface area contributed by atoms with Gasteiger partial charge in [-0.15, -0.1) is 23.1 Å². The van der Waals surface area contributed by atoms with E-state index in [0.29, 0.717) is 12.0 Å². The molecule has 0 unspecified atom stereocenters. The monoisotopic (exact) mass is 479 g/mol. The summed E-state index contributed by atoms with van der Waals surface area (Å²) in [7, 11) is 0. The average molecular weight is 480 g/mol. The highest BCUT2D eigenvalue weighted by Crippen LogP contribution is 2.46. The molecule has 1 aromatic carbocycles. The number of thioether (sulfide) groups is 1. The van der Waals surface area contributed by atoms with Crippen LogP contribution >= 0.6 is 23.1 Å². The third-order valence-electron chi connectivity index (χ3n) is 7.02. The van der Waals surface area contributed by atoms with Gasteiger partial charge in [-0.05, 0) is 74.4 Å². The SMILES string of the molecule is CSc1ccc([C@H]2C(C(=O)OC3CCCC3)=C(C)NC3=C2C(=O)C[C@H](c2cccs2)C3)cc1. The summed E-state index contributed by atoms with van der Waals surface area (Å²) in [6, 6.07) is 12.4. The smallest absolute Gasteiger partial charge is 0.337 e. The molecule has 1 aromatic heterocycles. The van der Waals surface area contributed by atoms with Gasteiger partial charge in [0, 0.05) is 45.0 Å². The summed E-state index contributed by atoms with van der Waals surface area (Å²) in [5.41, 5.74) is 4.06. The molecule has 1 N–H and O–H groups in total. The number of hydrogen-bond acceptors (Lipinski definition) is 6. The highest BCUT2D eigenvalue weighted by Gasteiger charge is 2.42. The summed E-state index contributed by atoms with van der Waals surface area (Å²) in [5, 5.41) is 5.52. The van der Waals surface area contributed by atoms with Gasteiger partial charge in [0.25, 0.3) is 0 Å². The molecule has 2 aliphatic carbocycles. The second-order valence-corrected chi connectivity index (χ2v) is 11.0. The lowest BCUT2D eigenvalue weighted by molar-refractivity contribution is -0.144. The number of esters is 1. The molecule has 172 valence electrons. The van der Waals surface area contributed by atoms with Crippen molar-refractivity contribution in [1.82, 2.24) is 5.32 Å². The highest BCUT2D eigenvalue weighted by atomic mass is 32.2. The quantitative estimate of drug-likeness (QED) is 0.402. The molecular formula is C27H29NO3S2. The van der Waals surface area contributed by atoms with Crippen LogP contribution in [0.15, 0.2) is 69.2 Å². The Balaban J connectivity index is 1.54. The first kappa shape index (κ1) is 22.5. The Hall–Kier alpha value is -2.31. The van der Waals surface area contributed by atoms with Crippen LogP contribution in [0, 0.1) is 0 Å². The number of carbonyl (C=O) groups excluding carboxylic acids is 2. The Morgan fingerprint density at radius 1 is 1.12 bits per heavy atom. The lowest BCUT2D eigenvalue weighted by Crippen LogP contribution is -2.36. The van der Waals surface area contributed by atoms with E-state index < -0.39 is 0 Å². The van der Waals surface area contributed by atoms with Crippen LogP contribution in [0.5, 0.6) is 0 Å². The third kappa shape index (κ3) is 4.43. The van der Waals surface area contributed by atoms with Crippen LogP contribution in [0.2, 0.25) is 0 Å². The number of hydrogen-bond donors (Lipinski definition) is 1. The molecule has 1 aliphatic heterocycles. The summed E-state index contributed by atoms with van der Waals surface area (Å²) >= 11 is 3.39.